The van der Waals surface area contributed by atoms with Crippen molar-refractivity contribution < 1.29 is 4.79 Å². The summed E-state index contributed by atoms with van der Waals surface area (Å²) >= 11 is 0. The Balaban J connectivity index is 2.64. The summed E-state index contributed by atoms with van der Waals surface area (Å²) in [5, 5.41) is 12.0. The van der Waals surface area contributed by atoms with Gasteiger partial charge in [0.25, 0.3) is 0 Å². The molecule has 4 nitrogen and oxygen atoms in total. The standard InChI is InChI=1S/C15H21N3O/c1-12(2)15(3,11-16)17-14(19)10-18(4)13-8-6-5-7-9-13/h5-9,12H,10H2,1-4H3,(H,17,19)/t15-/m0/s1. The molecule has 0 heterocycles. The number of carbonyl (C=O) groups is 1. The number of likely N-dealkylation sites (N-methyl/N-ethyl adjacent to an activating group) is 1. The highest BCUT2D eigenvalue weighted by Gasteiger charge is 2.30. The van der Waals surface area contributed by atoms with Crippen molar-refractivity contribution in [1.82, 2.24) is 5.32 Å². The van der Waals surface area contributed by atoms with Crippen LogP contribution >= 0.6 is 0 Å². The van der Waals surface area contributed by atoms with Gasteiger partial charge in [-0.25, -0.2) is 0 Å². The molecule has 1 N–H and O–H groups in total. The quantitative estimate of drug-likeness (QED) is 0.881. The molecule has 1 aromatic rings. The third-order valence-corrected chi connectivity index (χ3v) is 3.36. The van der Waals surface area contributed by atoms with Crippen molar-refractivity contribution in [2.45, 2.75) is 26.3 Å². The zero-order valence-corrected chi connectivity index (χ0v) is 12.0. The zero-order chi connectivity index (χ0) is 14.5. The van der Waals surface area contributed by atoms with Gasteiger partial charge >= 0.3 is 0 Å². The van der Waals surface area contributed by atoms with Crippen molar-refractivity contribution in [2.75, 3.05) is 18.5 Å². The van der Waals surface area contributed by atoms with E-state index in [1.165, 1.54) is 0 Å². The summed E-state index contributed by atoms with van der Waals surface area (Å²) in [5.41, 5.74) is 0.148. The molecule has 1 amide bonds. The van der Waals surface area contributed by atoms with Crippen molar-refractivity contribution in [3.8, 4) is 6.07 Å². The first-order valence-electron chi connectivity index (χ1n) is 6.37. The fourth-order valence-corrected chi connectivity index (χ4v) is 1.62. The first-order valence-corrected chi connectivity index (χ1v) is 6.37. The molecule has 19 heavy (non-hydrogen) atoms. The number of anilines is 1. The third kappa shape index (κ3) is 3.99. The van der Waals surface area contributed by atoms with E-state index in [9.17, 15) is 10.1 Å². The van der Waals surface area contributed by atoms with E-state index in [4.69, 9.17) is 0 Å². The van der Waals surface area contributed by atoms with Gasteiger partial charge < -0.3 is 10.2 Å². The van der Waals surface area contributed by atoms with Gasteiger partial charge in [0.05, 0.1) is 12.6 Å². The summed E-state index contributed by atoms with van der Waals surface area (Å²) in [6, 6.07) is 11.8. The van der Waals surface area contributed by atoms with Gasteiger partial charge in [-0.15, -0.1) is 0 Å². The van der Waals surface area contributed by atoms with E-state index in [1.54, 1.807) is 6.92 Å². The third-order valence-electron chi connectivity index (χ3n) is 3.36. The second kappa shape index (κ2) is 6.24. The highest BCUT2D eigenvalue weighted by Crippen LogP contribution is 2.15. The number of nitrogens with zero attached hydrogens (tertiary/aromatic N) is 2. The topological polar surface area (TPSA) is 56.1 Å². The van der Waals surface area contributed by atoms with Crippen LogP contribution in [0.1, 0.15) is 20.8 Å². The van der Waals surface area contributed by atoms with Crippen LogP contribution in [0.25, 0.3) is 0 Å². The smallest absolute Gasteiger partial charge is 0.240 e. The van der Waals surface area contributed by atoms with E-state index in [2.05, 4.69) is 11.4 Å². The van der Waals surface area contributed by atoms with Crippen LogP contribution in [0.2, 0.25) is 0 Å². The van der Waals surface area contributed by atoms with Crippen LogP contribution in [0.15, 0.2) is 30.3 Å². The number of amides is 1. The lowest BCUT2D eigenvalue weighted by molar-refractivity contribution is -0.121. The van der Waals surface area contributed by atoms with Gasteiger partial charge in [0, 0.05) is 12.7 Å². The Bertz CT molecular complexity index is 464. The van der Waals surface area contributed by atoms with E-state index in [0.29, 0.717) is 0 Å². The Labute approximate surface area is 115 Å². The van der Waals surface area contributed by atoms with Gasteiger partial charge in [-0.1, -0.05) is 32.0 Å². The zero-order valence-electron chi connectivity index (χ0n) is 12.0. The largest absolute Gasteiger partial charge is 0.365 e. The predicted octanol–water partition coefficient (Wildman–Crippen LogP) is 2.18. The molecule has 0 spiro atoms. The second-order valence-electron chi connectivity index (χ2n) is 5.21. The number of para-hydroxylation sites is 1. The molecular weight excluding hydrogens is 238 g/mol. The van der Waals surface area contributed by atoms with Crippen LogP contribution in [0.5, 0.6) is 0 Å². The van der Waals surface area contributed by atoms with Crippen LogP contribution in [-0.2, 0) is 4.79 Å². The molecule has 1 atom stereocenters. The highest BCUT2D eigenvalue weighted by atomic mass is 16.2. The number of hydrogen-bond acceptors (Lipinski definition) is 3. The molecule has 0 fully saturated rings. The minimum atomic E-state index is -0.825. The van der Waals surface area contributed by atoms with E-state index in [1.807, 2.05) is 56.1 Å². The summed E-state index contributed by atoms with van der Waals surface area (Å²) in [5.74, 6) is -0.0902. The van der Waals surface area contributed by atoms with Crippen LogP contribution in [0.3, 0.4) is 0 Å². The average molecular weight is 259 g/mol. The van der Waals surface area contributed by atoms with Gasteiger partial charge in [-0.3, -0.25) is 4.79 Å². The Morgan fingerprint density at radius 2 is 2.00 bits per heavy atom. The fraction of sp³-hybridized carbons (Fsp3) is 0.467. The van der Waals surface area contributed by atoms with E-state index < -0.39 is 5.54 Å². The molecule has 0 aliphatic heterocycles. The van der Waals surface area contributed by atoms with E-state index in [-0.39, 0.29) is 18.4 Å². The summed E-state index contributed by atoms with van der Waals surface area (Å²) in [6.45, 7) is 5.82. The minimum absolute atomic E-state index is 0.0588. The van der Waals surface area contributed by atoms with Crippen molar-refractivity contribution in [1.29, 1.82) is 5.26 Å². The maximum absolute atomic E-state index is 12.0. The van der Waals surface area contributed by atoms with Crippen molar-refractivity contribution >= 4 is 11.6 Å². The summed E-state index contributed by atoms with van der Waals surface area (Å²) in [4.78, 5) is 13.9. The number of nitrogens with one attached hydrogen (secondary N) is 1. The average Bonchev–Trinajstić information content (AvgIpc) is 2.39. The number of carbonyl (C=O) groups excluding carboxylic acids is 1. The van der Waals surface area contributed by atoms with Crippen LogP contribution in [-0.4, -0.2) is 25.0 Å². The summed E-state index contributed by atoms with van der Waals surface area (Å²) < 4.78 is 0. The molecule has 1 rings (SSSR count). The van der Waals surface area contributed by atoms with Crippen LogP contribution < -0.4 is 10.2 Å². The molecule has 4 heteroatoms. The number of rotatable bonds is 5. The van der Waals surface area contributed by atoms with E-state index in [0.717, 1.165) is 5.69 Å². The molecule has 0 unspecified atom stereocenters. The molecule has 0 saturated carbocycles. The van der Waals surface area contributed by atoms with Crippen molar-refractivity contribution in [3.63, 3.8) is 0 Å². The SMILES string of the molecule is CC(C)[C@](C)(C#N)NC(=O)CN(C)c1ccccc1. The monoisotopic (exact) mass is 259 g/mol. The molecule has 1 aromatic carbocycles. The Morgan fingerprint density at radius 1 is 1.42 bits per heavy atom. The molecule has 0 bridgehead atoms. The molecular formula is C15H21N3O. The lowest BCUT2D eigenvalue weighted by Gasteiger charge is -2.28. The summed E-state index contributed by atoms with van der Waals surface area (Å²) in [7, 11) is 1.86. The first-order chi connectivity index (χ1) is 8.89. The Morgan fingerprint density at radius 3 is 2.47 bits per heavy atom. The lowest BCUT2D eigenvalue weighted by Crippen LogP contribution is -2.51. The molecule has 0 radical (unpaired) electrons. The lowest BCUT2D eigenvalue weighted by atomic mass is 9.90. The molecule has 0 aromatic heterocycles. The minimum Gasteiger partial charge on any atom is -0.365 e. The maximum Gasteiger partial charge on any atom is 0.240 e. The van der Waals surface area contributed by atoms with Gasteiger partial charge in [0.1, 0.15) is 5.54 Å². The molecule has 0 aliphatic rings. The van der Waals surface area contributed by atoms with E-state index >= 15 is 0 Å². The first kappa shape index (κ1) is 15.0. The van der Waals surface area contributed by atoms with Gasteiger partial charge in [-0.2, -0.15) is 5.26 Å². The fourth-order valence-electron chi connectivity index (χ4n) is 1.62. The van der Waals surface area contributed by atoms with Crippen LogP contribution in [0.4, 0.5) is 5.69 Å². The maximum atomic E-state index is 12.0. The predicted molar refractivity (Wildman–Crippen MR) is 76.7 cm³/mol. The molecule has 102 valence electrons. The number of nitriles is 1. The molecule has 0 aliphatic carbocycles. The summed E-state index contributed by atoms with van der Waals surface area (Å²) in [6.07, 6.45) is 0. The second-order valence-corrected chi connectivity index (χ2v) is 5.21. The Kier molecular flexibility index (Phi) is 4.94. The molecule has 0 saturated heterocycles. The van der Waals surface area contributed by atoms with Crippen molar-refractivity contribution in [2.24, 2.45) is 5.92 Å². The van der Waals surface area contributed by atoms with Gasteiger partial charge in [0.15, 0.2) is 0 Å². The van der Waals surface area contributed by atoms with Gasteiger partial charge in [-0.05, 0) is 25.0 Å². The number of hydrogen-bond donors (Lipinski definition) is 1. The highest BCUT2D eigenvalue weighted by molar-refractivity contribution is 5.82. The number of benzene rings is 1. The van der Waals surface area contributed by atoms with Gasteiger partial charge in [0.2, 0.25) is 5.91 Å². The normalized spacial score (nSPS) is 13.5. The van der Waals surface area contributed by atoms with Crippen LogP contribution in [0, 0.1) is 17.2 Å². The Hall–Kier alpha value is -2.02. The van der Waals surface area contributed by atoms with Crippen molar-refractivity contribution in [3.05, 3.63) is 30.3 Å².